The van der Waals surface area contributed by atoms with Crippen LogP contribution in [0.25, 0.3) is 0 Å². The van der Waals surface area contributed by atoms with E-state index in [2.05, 4.69) is 14.8 Å². The van der Waals surface area contributed by atoms with Gasteiger partial charge in [0.05, 0.1) is 18.6 Å². The van der Waals surface area contributed by atoms with Crippen molar-refractivity contribution in [3.8, 4) is 5.75 Å². The number of carbonyl (C=O) groups is 2. The zero-order chi connectivity index (χ0) is 20.6. The topological polar surface area (TPSA) is 131 Å². The number of esters is 1. The summed E-state index contributed by atoms with van der Waals surface area (Å²) in [4.78, 5) is 22.4. The fourth-order valence-corrected chi connectivity index (χ4v) is 4.23. The first-order valence-electron chi connectivity index (χ1n) is 8.33. The number of benzene rings is 1. The fourth-order valence-electron chi connectivity index (χ4n) is 2.60. The first kappa shape index (κ1) is 22.9. The number of hydrogen-bond donors (Lipinski definition) is 3. The van der Waals surface area contributed by atoms with Gasteiger partial charge in [-0.1, -0.05) is 0 Å². The van der Waals surface area contributed by atoms with Gasteiger partial charge >= 0.3 is 11.9 Å². The molecule has 9 nitrogen and oxygen atoms in total. The Hall–Kier alpha value is -2.17. The molecule has 3 N–H and O–H groups in total. The van der Waals surface area contributed by atoms with E-state index in [9.17, 15) is 18.0 Å². The van der Waals surface area contributed by atoms with Crippen LogP contribution in [0.1, 0.15) is 24.0 Å². The maximum absolute atomic E-state index is 12.8. The van der Waals surface area contributed by atoms with Crippen LogP contribution in [0.2, 0.25) is 0 Å². The zero-order valence-corrected chi connectivity index (χ0v) is 16.7. The van der Waals surface area contributed by atoms with Gasteiger partial charge in [-0.05, 0) is 50.6 Å². The molecule has 1 aromatic carbocycles. The molecule has 27 heavy (non-hydrogen) atoms. The Bertz CT molecular complexity index is 754. The molecule has 0 saturated carbocycles. The molecule has 0 spiro atoms. The number of aliphatic carboxylic acids is 1. The predicted octanol–water partition coefficient (Wildman–Crippen LogP) is 0.586. The lowest BCUT2D eigenvalue weighted by Gasteiger charge is -2.19. The Kier molecular flexibility index (Phi) is 8.67. The van der Waals surface area contributed by atoms with Crippen molar-refractivity contribution in [3.63, 3.8) is 0 Å². The number of carbonyl (C=O) groups excluding carboxylic acids is 1. The molecule has 0 aliphatic rings. The summed E-state index contributed by atoms with van der Waals surface area (Å²) in [6, 6.07) is 2.07. The molecular formula is C17H26N2O7S. The second-order valence-electron chi connectivity index (χ2n) is 5.99. The van der Waals surface area contributed by atoms with Gasteiger partial charge in [-0.2, -0.15) is 4.72 Å². The van der Waals surface area contributed by atoms with E-state index in [1.807, 2.05) is 0 Å². The molecule has 1 aromatic rings. The van der Waals surface area contributed by atoms with Gasteiger partial charge in [0.25, 0.3) is 0 Å². The third-order valence-electron chi connectivity index (χ3n) is 3.70. The van der Waals surface area contributed by atoms with Crippen molar-refractivity contribution in [3.05, 3.63) is 23.3 Å². The van der Waals surface area contributed by atoms with Crippen LogP contribution in [0.15, 0.2) is 17.0 Å². The van der Waals surface area contributed by atoms with Gasteiger partial charge in [0.15, 0.2) is 0 Å². The molecule has 1 atom stereocenters. The number of sulfonamides is 1. The van der Waals surface area contributed by atoms with Crippen molar-refractivity contribution in [2.24, 2.45) is 0 Å². The normalized spacial score (nSPS) is 12.4. The monoisotopic (exact) mass is 402 g/mol. The highest BCUT2D eigenvalue weighted by Gasteiger charge is 2.28. The molecular weight excluding hydrogens is 376 g/mol. The van der Waals surface area contributed by atoms with Crippen molar-refractivity contribution in [1.29, 1.82) is 0 Å². The van der Waals surface area contributed by atoms with Crippen LogP contribution in [0.3, 0.4) is 0 Å². The van der Waals surface area contributed by atoms with Crippen molar-refractivity contribution >= 4 is 22.0 Å². The van der Waals surface area contributed by atoms with E-state index in [1.54, 1.807) is 33.0 Å². The highest BCUT2D eigenvalue weighted by Crippen LogP contribution is 2.26. The van der Waals surface area contributed by atoms with Crippen LogP contribution in [0, 0.1) is 13.8 Å². The van der Waals surface area contributed by atoms with Gasteiger partial charge in [0.2, 0.25) is 10.0 Å². The number of methoxy groups -OCH3 is 1. The lowest BCUT2D eigenvalue weighted by Crippen LogP contribution is -2.47. The molecule has 0 aromatic heterocycles. The molecule has 1 rings (SSSR count). The maximum Gasteiger partial charge on any atom is 0.325 e. The van der Waals surface area contributed by atoms with E-state index >= 15 is 0 Å². The van der Waals surface area contributed by atoms with Crippen LogP contribution in [0.4, 0.5) is 0 Å². The first-order chi connectivity index (χ1) is 12.6. The van der Waals surface area contributed by atoms with Crippen LogP contribution < -0.4 is 14.8 Å². The SMILES string of the molecule is CNCC(NS(=O)(=O)c1c(C)cc(OCCCC(=O)O)cc1C)C(=O)OC. The number of ether oxygens (including phenoxy) is 2. The summed E-state index contributed by atoms with van der Waals surface area (Å²) in [5.74, 6) is -1.14. The molecule has 0 amide bonds. The van der Waals surface area contributed by atoms with Gasteiger partial charge in [-0.25, -0.2) is 8.42 Å². The molecule has 0 aliphatic heterocycles. The molecule has 0 saturated heterocycles. The molecule has 0 fully saturated rings. The van der Waals surface area contributed by atoms with Crippen molar-refractivity contribution in [2.75, 3.05) is 27.3 Å². The maximum atomic E-state index is 12.8. The van der Waals surface area contributed by atoms with Crippen LogP contribution in [0.5, 0.6) is 5.75 Å². The van der Waals surface area contributed by atoms with E-state index < -0.39 is 28.0 Å². The Morgan fingerprint density at radius 1 is 1.22 bits per heavy atom. The lowest BCUT2D eigenvalue weighted by atomic mass is 10.1. The average Bonchev–Trinajstić information content (AvgIpc) is 2.56. The predicted molar refractivity (Wildman–Crippen MR) is 98.3 cm³/mol. The fraction of sp³-hybridized carbons (Fsp3) is 0.529. The molecule has 1 unspecified atom stereocenters. The molecule has 0 heterocycles. The van der Waals surface area contributed by atoms with Crippen LogP contribution >= 0.6 is 0 Å². The highest BCUT2D eigenvalue weighted by atomic mass is 32.2. The van der Waals surface area contributed by atoms with Gasteiger partial charge in [0, 0.05) is 13.0 Å². The van der Waals surface area contributed by atoms with E-state index in [4.69, 9.17) is 9.84 Å². The van der Waals surface area contributed by atoms with Crippen LogP contribution in [-0.2, 0) is 24.3 Å². The molecule has 0 radical (unpaired) electrons. The van der Waals surface area contributed by atoms with E-state index in [0.717, 1.165) is 0 Å². The van der Waals surface area contributed by atoms with E-state index in [0.29, 0.717) is 23.3 Å². The molecule has 0 aliphatic carbocycles. The second kappa shape index (κ2) is 10.2. The van der Waals surface area contributed by atoms with Crippen molar-refractivity contribution in [1.82, 2.24) is 10.0 Å². The highest BCUT2D eigenvalue weighted by molar-refractivity contribution is 7.89. The zero-order valence-electron chi connectivity index (χ0n) is 15.9. The minimum absolute atomic E-state index is 0.00523. The number of hydrogen-bond acceptors (Lipinski definition) is 7. The van der Waals surface area contributed by atoms with Crippen molar-refractivity contribution < 1.29 is 32.6 Å². The smallest absolute Gasteiger partial charge is 0.325 e. The Balaban J connectivity index is 3.00. The molecule has 0 bridgehead atoms. The Labute approximate surface area is 159 Å². The molecule has 152 valence electrons. The number of aryl methyl sites for hydroxylation is 2. The number of carboxylic acid groups (broad SMARTS) is 1. The van der Waals surface area contributed by atoms with E-state index in [1.165, 1.54) is 7.11 Å². The summed E-state index contributed by atoms with van der Waals surface area (Å²) in [7, 11) is -1.19. The summed E-state index contributed by atoms with van der Waals surface area (Å²) >= 11 is 0. The van der Waals surface area contributed by atoms with Gasteiger partial charge in [0.1, 0.15) is 11.8 Å². The number of likely N-dealkylation sites (N-methyl/N-ethyl adjacent to an activating group) is 1. The summed E-state index contributed by atoms with van der Waals surface area (Å²) in [6.45, 7) is 3.53. The summed E-state index contributed by atoms with van der Waals surface area (Å²) in [6.07, 6.45) is 0.342. The first-order valence-corrected chi connectivity index (χ1v) is 9.81. The quantitative estimate of drug-likeness (QED) is 0.362. The third kappa shape index (κ3) is 6.81. The number of carboxylic acids is 1. The van der Waals surface area contributed by atoms with Crippen molar-refractivity contribution in [2.45, 2.75) is 37.6 Å². The average molecular weight is 402 g/mol. The summed E-state index contributed by atoms with van der Waals surface area (Å²) in [5.41, 5.74) is 0.896. The largest absolute Gasteiger partial charge is 0.494 e. The van der Waals surface area contributed by atoms with E-state index in [-0.39, 0.29) is 24.5 Å². The second-order valence-corrected chi connectivity index (χ2v) is 7.64. The van der Waals surface area contributed by atoms with Gasteiger partial charge in [-0.3, -0.25) is 9.59 Å². The van der Waals surface area contributed by atoms with Gasteiger partial charge in [-0.15, -0.1) is 0 Å². The number of nitrogens with one attached hydrogen (secondary N) is 2. The third-order valence-corrected chi connectivity index (χ3v) is 5.47. The standard InChI is InChI=1S/C17H26N2O7S/c1-11-8-13(26-7-5-6-15(20)21)9-12(2)16(11)27(23,24)19-14(10-18-3)17(22)25-4/h8-9,14,18-19H,5-7,10H2,1-4H3,(H,20,21). The van der Waals surface area contributed by atoms with Crippen LogP contribution in [-0.4, -0.2) is 58.8 Å². The minimum Gasteiger partial charge on any atom is -0.494 e. The lowest BCUT2D eigenvalue weighted by molar-refractivity contribution is -0.142. The molecule has 10 heteroatoms. The summed E-state index contributed by atoms with van der Waals surface area (Å²) in [5, 5.41) is 11.4. The number of rotatable bonds is 11. The van der Waals surface area contributed by atoms with Gasteiger partial charge < -0.3 is 19.9 Å². The Morgan fingerprint density at radius 2 is 1.81 bits per heavy atom. The minimum atomic E-state index is -3.98. The Morgan fingerprint density at radius 3 is 2.30 bits per heavy atom. The summed E-state index contributed by atoms with van der Waals surface area (Å²) < 4.78 is 38.0.